The number of carbonyl (C=O) groups is 2. The average Bonchev–Trinajstić information content (AvgIpc) is 3.08. The molecule has 0 spiro atoms. The lowest BCUT2D eigenvalue weighted by atomic mass is 9.80. The van der Waals surface area contributed by atoms with Gasteiger partial charge in [-0.25, -0.2) is 4.79 Å². The van der Waals surface area contributed by atoms with Crippen LogP contribution in [0, 0.1) is 0 Å². The van der Waals surface area contributed by atoms with Crippen LogP contribution in [-0.2, 0) is 21.6 Å². The van der Waals surface area contributed by atoms with Crippen LogP contribution in [0.4, 0.5) is 4.79 Å². The van der Waals surface area contributed by atoms with E-state index in [1.807, 2.05) is 48.5 Å². The van der Waals surface area contributed by atoms with Gasteiger partial charge in [0.05, 0.1) is 0 Å². The molecule has 2 aromatic carbocycles. The Balaban J connectivity index is 1.69. The summed E-state index contributed by atoms with van der Waals surface area (Å²) in [7, 11) is 0. The summed E-state index contributed by atoms with van der Waals surface area (Å²) in [6, 6.07) is 18.5. The van der Waals surface area contributed by atoms with Gasteiger partial charge in [0.15, 0.2) is 0 Å². The Bertz CT molecular complexity index is 717. The fraction of sp³-hybridized carbons (Fsp3) is 0.263. The second-order valence-corrected chi connectivity index (χ2v) is 5.97. The van der Waals surface area contributed by atoms with Gasteiger partial charge >= 0.3 is 12.1 Å². The van der Waals surface area contributed by atoms with E-state index in [9.17, 15) is 14.7 Å². The van der Waals surface area contributed by atoms with Gasteiger partial charge in [0.1, 0.15) is 12.0 Å². The number of amides is 1. The van der Waals surface area contributed by atoms with Crippen LogP contribution in [0.5, 0.6) is 0 Å². The Morgan fingerprint density at radius 1 is 1.04 bits per heavy atom. The van der Waals surface area contributed by atoms with Crippen molar-refractivity contribution in [1.82, 2.24) is 4.90 Å². The molecule has 1 saturated heterocycles. The van der Waals surface area contributed by atoms with Gasteiger partial charge in [0.2, 0.25) is 0 Å². The Morgan fingerprint density at radius 3 is 2.29 bits per heavy atom. The van der Waals surface area contributed by atoms with Crippen LogP contribution in [0.3, 0.4) is 0 Å². The molecule has 5 heteroatoms. The summed E-state index contributed by atoms with van der Waals surface area (Å²) in [6.07, 6.45) is -0.0924. The van der Waals surface area contributed by atoms with Gasteiger partial charge in [-0.3, -0.25) is 4.79 Å². The molecular formula is C19H19NO4. The highest BCUT2D eigenvalue weighted by molar-refractivity contribution is 5.84. The number of likely N-dealkylation sites (tertiary alicyclic amines) is 1. The molecule has 1 amide bonds. The van der Waals surface area contributed by atoms with Crippen LogP contribution in [0.2, 0.25) is 0 Å². The Morgan fingerprint density at radius 2 is 1.67 bits per heavy atom. The van der Waals surface area contributed by atoms with E-state index in [0.29, 0.717) is 13.0 Å². The molecule has 3 rings (SSSR count). The summed E-state index contributed by atoms with van der Waals surface area (Å²) in [5.74, 6) is -0.910. The standard InChI is InChI=1S/C19H19NO4/c21-17(22)19(16-9-5-2-6-10-16)11-12-20(14-19)18(23)24-13-15-7-3-1-4-8-15/h1-10H,11-14H2,(H,21,22)/t19-/m1/s1. The zero-order chi connectivity index (χ0) is 17.0. The van der Waals surface area contributed by atoms with Crippen molar-refractivity contribution in [1.29, 1.82) is 0 Å². The number of aliphatic carboxylic acids is 1. The predicted molar refractivity (Wildman–Crippen MR) is 88.6 cm³/mol. The van der Waals surface area contributed by atoms with Gasteiger partial charge in [0, 0.05) is 13.1 Å². The third-order valence-electron chi connectivity index (χ3n) is 4.47. The smallest absolute Gasteiger partial charge is 0.410 e. The number of rotatable bonds is 4. The summed E-state index contributed by atoms with van der Waals surface area (Å²) in [5, 5.41) is 9.75. The van der Waals surface area contributed by atoms with Gasteiger partial charge in [-0.15, -0.1) is 0 Å². The first-order valence-corrected chi connectivity index (χ1v) is 7.86. The lowest BCUT2D eigenvalue weighted by Gasteiger charge is -2.25. The highest BCUT2D eigenvalue weighted by Gasteiger charge is 2.48. The molecular weight excluding hydrogens is 306 g/mol. The van der Waals surface area contributed by atoms with Gasteiger partial charge < -0.3 is 14.7 Å². The second kappa shape index (κ2) is 6.74. The maximum atomic E-state index is 12.3. The number of hydrogen-bond donors (Lipinski definition) is 1. The number of carboxylic acids is 1. The van der Waals surface area contributed by atoms with E-state index in [1.165, 1.54) is 4.90 Å². The summed E-state index contributed by atoms with van der Waals surface area (Å²) >= 11 is 0. The molecule has 2 aromatic rings. The first-order chi connectivity index (χ1) is 11.6. The minimum atomic E-state index is -1.06. The van der Waals surface area contributed by atoms with E-state index in [-0.39, 0.29) is 13.2 Å². The average molecular weight is 325 g/mol. The summed E-state index contributed by atoms with van der Waals surface area (Å²) in [5.41, 5.74) is 0.556. The Kier molecular flexibility index (Phi) is 4.51. The van der Waals surface area contributed by atoms with Crippen LogP contribution in [0.25, 0.3) is 0 Å². The van der Waals surface area contributed by atoms with Crippen molar-refractivity contribution in [2.24, 2.45) is 0 Å². The van der Waals surface area contributed by atoms with E-state index >= 15 is 0 Å². The van der Waals surface area contributed by atoms with Gasteiger partial charge in [-0.1, -0.05) is 60.7 Å². The number of nitrogens with zero attached hydrogens (tertiary/aromatic N) is 1. The molecule has 1 atom stereocenters. The molecule has 0 aromatic heterocycles. The molecule has 0 saturated carbocycles. The van der Waals surface area contributed by atoms with Crippen LogP contribution in [0.15, 0.2) is 60.7 Å². The molecule has 1 aliphatic rings. The Hall–Kier alpha value is -2.82. The van der Waals surface area contributed by atoms with Crippen LogP contribution < -0.4 is 0 Å². The van der Waals surface area contributed by atoms with Crippen molar-refractivity contribution in [3.63, 3.8) is 0 Å². The molecule has 0 unspecified atom stereocenters. The third-order valence-corrected chi connectivity index (χ3v) is 4.47. The zero-order valence-corrected chi connectivity index (χ0v) is 13.2. The van der Waals surface area contributed by atoms with Crippen LogP contribution in [-0.4, -0.2) is 35.2 Å². The first kappa shape index (κ1) is 16.1. The topological polar surface area (TPSA) is 66.8 Å². The molecule has 0 bridgehead atoms. The molecule has 0 radical (unpaired) electrons. The number of hydrogen-bond acceptors (Lipinski definition) is 3. The molecule has 5 nitrogen and oxygen atoms in total. The van der Waals surface area contributed by atoms with Crippen molar-refractivity contribution in [2.45, 2.75) is 18.4 Å². The lowest BCUT2D eigenvalue weighted by Crippen LogP contribution is -2.40. The van der Waals surface area contributed by atoms with Crippen LogP contribution in [0.1, 0.15) is 17.5 Å². The van der Waals surface area contributed by atoms with Crippen molar-refractivity contribution >= 4 is 12.1 Å². The largest absolute Gasteiger partial charge is 0.481 e. The molecule has 24 heavy (non-hydrogen) atoms. The van der Waals surface area contributed by atoms with Crippen LogP contribution >= 0.6 is 0 Å². The highest BCUT2D eigenvalue weighted by atomic mass is 16.6. The molecule has 1 aliphatic heterocycles. The highest BCUT2D eigenvalue weighted by Crippen LogP contribution is 2.35. The summed E-state index contributed by atoms with van der Waals surface area (Å²) < 4.78 is 5.32. The van der Waals surface area contributed by atoms with Crippen molar-refractivity contribution in [3.05, 3.63) is 71.8 Å². The first-order valence-electron chi connectivity index (χ1n) is 7.86. The zero-order valence-electron chi connectivity index (χ0n) is 13.2. The third kappa shape index (κ3) is 3.11. The van der Waals surface area contributed by atoms with E-state index in [0.717, 1.165) is 11.1 Å². The van der Waals surface area contributed by atoms with Crippen molar-refractivity contribution in [3.8, 4) is 0 Å². The fourth-order valence-corrected chi connectivity index (χ4v) is 3.07. The number of carbonyl (C=O) groups excluding carboxylic acids is 1. The summed E-state index contributed by atoms with van der Waals surface area (Å²) in [4.78, 5) is 25.6. The SMILES string of the molecule is O=C(OCc1ccccc1)N1CC[C@](C(=O)O)(c2ccccc2)C1. The number of ether oxygens (including phenoxy) is 1. The predicted octanol–water partition coefficient (Wildman–Crippen LogP) is 3.05. The minimum Gasteiger partial charge on any atom is -0.481 e. The molecule has 1 N–H and O–H groups in total. The molecule has 1 heterocycles. The summed E-state index contributed by atoms with van der Waals surface area (Å²) in [6.45, 7) is 0.677. The minimum absolute atomic E-state index is 0.125. The van der Waals surface area contributed by atoms with E-state index in [2.05, 4.69) is 0 Å². The monoisotopic (exact) mass is 325 g/mol. The van der Waals surface area contributed by atoms with E-state index < -0.39 is 17.5 Å². The van der Waals surface area contributed by atoms with Gasteiger partial charge in [-0.05, 0) is 17.5 Å². The quantitative estimate of drug-likeness (QED) is 0.938. The fourth-order valence-electron chi connectivity index (χ4n) is 3.07. The second-order valence-electron chi connectivity index (χ2n) is 5.97. The maximum absolute atomic E-state index is 12.3. The van der Waals surface area contributed by atoms with Crippen molar-refractivity contribution < 1.29 is 19.4 Å². The van der Waals surface area contributed by atoms with E-state index in [4.69, 9.17) is 4.74 Å². The van der Waals surface area contributed by atoms with E-state index in [1.54, 1.807) is 12.1 Å². The van der Waals surface area contributed by atoms with Gasteiger partial charge in [-0.2, -0.15) is 0 Å². The van der Waals surface area contributed by atoms with Crippen molar-refractivity contribution in [2.75, 3.05) is 13.1 Å². The normalized spacial score (nSPS) is 19.9. The Labute approximate surface area is 140 Å². The molecule has 124 valence electrons. The maximum Gasteiger partial charge on any atom is 0.410 e. The molecule has 0 aliphatic carbocycles. The molecule has 1 fully saturated rings. The van der Waals surface area contributed by atoms with Gasteiger partial charge in [0.25, 0.3) is 0 Å². The number of carboxylic acid groups (broad SMARTS) is 1. The lowest BCUT2D eigenvalue weighted by molar-refractivity contribution is -0.143. The number of benzene rings is 2.